The zero-order valence-electron chi connectivity index (χ0n) is 14.2. The van der Waals surface area contributed by atoms with E-state index in [9.17, 15) is 13.2 Å². The predicted molar refractivity (Wildman–Crippen MR) is 103 cm³/mol. The Morgan fingerprint density at radius 1 is 1.00 bits per heavy atom. The Labute approximate surface area is 155 Å². The van der Waals surface area contributed by atoms with Crippen LogP contribution in [0, 0.1) is 0 Å². The third-order valence-electron chi connectivity index (χ3n) is 4.30. The topological polar surface area (TPSA) is 111 Å². The molecule has 0 aliphatic heterocycles. The Morgan fingerprint density at radius 2 is 1.70 bits per heavy atom. The summed E-state index contributed by atoms with van der Waals surface area (Å²) in [4.78, 5) is 15.1. The van der Waals surface area contributed by atoms with Gasteiger partial charge in [-0.25, -0.2) is 13.6 Å². The summed E-state index contributed by atoms with van der Waals surface area (Å²) in [6.07, 6.45) is 1.60. The maximum Gasteiger partial charge on any atom is 0.274 e. The maximum atomic E-state index is 12.4. The molecular formula is C19H16N4O3S. The zero-order chi connectivity index (χ0) is 19.0. The zero-order valence-corrected chi connectivity index (χ0v) is 15.0. The normalized spacial score (nSPS) is 11.7. The van der Waals surface area contributed by atoms with E-state index < -0.39 is 10.0 Å². The summed E-state index contributed by atoms with van der Waals surface area (Å²) in [5.41, 5.74) is 2.67. The fraction of sp³-hybridized carbons (Fsp3) is 0.0526. The second-order valence-corrected chi connectivity index (χ2v) is 7.69. The van der Waals surface area contributed by atoms with Crippen molar-refractivity contribution in [1.82, 2.24) is 14.8 Å². The summed E-state index contributed by atoms with van der Waals surface area (Å²) in [5, 5.41) is 10.5. The summed E-state index contributed by atoms with van der Waals surface area (Å²) >= 11 is 0. The van der Waals surface area contributed by atoms with Crippen molar-refractivity contribution in [1.29, 1.82) is 0 Å². The number of H-pyrrole nitrogens is 1. The van der Waals surface area contributed by atoms with Crippen LogP contribution in [0.4, 0.5) is 0 Å². The Bertz CT molecular complexity index is 1270. The SMILES string of the molecule is NS(=O)(=O)c1ccc(Cn2nc(-c3ccccc3)c3cc[nH]c(=O)c32)cc1. The molecule has 0 saturated heterocycles. The average molecular weight is 380 g/mol. The molecule has 0 atom stereocenters. The molecule has 0 aliphatic carbocycles. The van der Waals surface area contributed by atoms with Crippen LogP contribution in [0.5, 0.6) is 0 Å². The molecule has 3 N–H and O–H groups in total. The summed E-state index contributed by atoms with van der Waals surface area (Å²) in [6, 6.07) is 17.7. The van der Waals surface area contributed by atoms with E-state index >= 15 is 0 Å². The van der Waals surface area contributed by atoms with Crippen LogP contribution in [0.1, 0.15) is 5.56 Å². The minimum absolute atomic E-state index is 0.0411. The number of hydrogen-bond donors (Lipinski definition) is 2. The van der Waals surface area contributed by atoms with E-state index in [1.807, 2.05) is 36.4 Å². The van der Waals surface area contributed by atoms with Gasteiger partial charge in [-0.3, -0.25) is 9.48 Å². The van der Waals surface area contributed by atoms with Crippen LogP contribution in [0.2, 0.25) is 0 Å². The van der Waals surface area contributed by atoms with Crippen molar-refractivity contribution in [2.75, 3.05) is 0 Å². The molecule has 0 radical (unpaired) electrons. The molecule has 0 amide bonds. The lowest BCUT2D eigenvalue weighted by molar-refractivity contribution is 0.597. The smallest absolute Gasteiger partial charge is 0.274 e. The van der Waals surface area contributed by atoms with Crippen LogP contribution in [0.15, 0.2) is 76.6 Å². The lowest BCUT2D eigenvalue weighted by Gasteiger charge is -2.04. The van der Waals surface area contributed by atoms with E-state index in [1.54, 1.807) is 23.0 Å². The number of primary sulfonamides is 1. The van der Waals surface area contributed by atoms with Crippen LogP contribution in [0.25, 0.3) is 22.2 Å². The molecule has 2 aromatic heterocycles. The van der Waals surface area contributed by atoms with E-state index in [2.05, 4.69) is 10.1 Å². The molecule has 4 aromatic rings. The Balaban J connectivity index is 1.82. The molecule has 7 nitrogen and oxygen atoms in total. The van der Waals surface area contributed by atoms with Crippen molar-refractivity contribution < 1.29 is 8.42 Å². The Hall–Kier alpha value is -3.23. The predicted octanol–water partition coefficient (Wildman–Crippen LogP) is 2.09. The van der Waals surface area contributed by atoms with Gasteiger partial charge >= 0.3 is 0 Å². The number of rotatable bonds is 4. The summed E-state index contributed by atoms with van der Waals surface area (Å²) in [7, 11) is -3.74. The van der Waals surface area contributed by atoms with Gasteiger partial charge in [0.05, 0.1) is 11.4 Å². The monoisotopic (exact) mass is 380 g/mol. The summed E-state index contributed by atoms with van der Waals surface area (Å²) in [5.74, 6) is 0. The number of sulfonamides is 1. The first kappa shape index (κ1) is 17.2. The number of aromatic nitrogens is 3. The average Bonchev–Trinajstić information content (AvgIpc) is 3.02. The van der Waals surface area contributed by atoms with Gasteiger partial charge in [-0.2, -0.15) is 5.10 Å². The van der Waals surface area contributed by atoms with E-state index in [4.69, 9.17) is 5.14 Å². The maximum absolute atomic E-state index is 12.4. The Kier molecular flexibility index (Phi) is 4.14. The molecule has 0 aliphatic rings. The van der Waals surface area contributed by atoms with Gasteiger partial charge in [0.2, 0.25) is 10.0 Å². The highest BCUT2D eigenvalue weighted by Gasteiger charge is 2.15. The minimum atomic E-state index is -3.74. The lowest BCUT2D eigenvalue weighted by Crippen LogP contribution is -2.13. The fourth-order valence-electron chi connectivity index (χ4n) is 3.02. The molecule has 4 rings (SSSR count). The number of hydrogen-bond acceptors (Lipinski definition) is 4. The van der Waals surface area contributed by atoms with E-state index in [0.717, 1.165) is 22.2 Å². The van der Waals surface area contributed by atoms with Gasteiger partial charge in [-0.1, -0.05) is 42.5 Å². The molecule has 136 valence electrons. The van der Waals surface area contributed by atoms with Gasteiger partial charge in [0.15, 0.2) is 0 Å². The first-order chi connectivity index (χ1) is 12.9. The number of pyridine rings is 1. The van der Waals surface area contributed by atoms with Gasteiger partial charge in [-0.05, 0) is 23.8 Å². The highest BCUT2D eigenvalue weighted by molar-refractivity contribution is 7.89. The van der Waals surface area contributed by atoms with Crippen molar-refractivity contribution in [3.05, 3.63) is 82.8 Å². The summed E-state index contributed by atoms with van der Waals surface area (Å²) < 4.78 is 24.4. The van der Waals surface area contributed by atoms with Gasteiger partial charge in [-0.15, -0.1) is 0 Å². The summed E-state index contributed by atoms with van der Waals surface area (Å²) in [6.45, 7) is 0.321. The number of benzene rings is 2. The number of nitrogens with one attached hydrogen (secondary N) is 1. The van der Waals surface area contributed by atoms with E-state index in [0.29, 0.717) is 12.1 Å². The van der Waals surface area contributed by atoms with E-state index in [1.165, 1.54) is 12.1 Å². The second-order valence-electron chi connectivity index (χ2n) is 6.13. The molecule has 27 heavy (non-hydrogen) atoms. The number of nitrogens with two attached hydrogens (primary N) is 1. The quantitative estimate of drug-likeness (QED) is 0.565. The molecule has 0 unspecified atom stereocenters. The van der Waals surface area contributed by atoms with Crippen LogP contribution in [0.3, 0.4) is 0 Å². The van der Waals surface area contributed by atoms with Crippen molar-refractivity contribution in [3.8, 4) is 11.3 Å². The number of aromatic amines is 1. The lowest BCUT2D eigenvalue weighted by atomic mass is 10.1. The number of fused-ring (bicyclic) bond motifs is 1. The molecule has 2 heterocycles. The molecule has 8 heteroatoms. The van der Waals surface area contributed by atoms with Gasteiger partial charge in [0, 0.05) is 17.1 Å². The van der Waals surface area contributed by atoms with Crippen LogP contribution in [-0.2, 0) is 16.6 Å². The fourth-order valence-corrected chi connectivity index (χ4v) is 3.54. The van der Waals surface area contributed by atoms with Crippen LogP contribution < -0.4 is 10.7 Å². The van der Waals surface area contributed by atoms with Gasteiger partial charge in [0.1, 0.15) is 11.2 Å². The highest BCUT2D eigenvalue weighted by atomic mass is 32.2. The van der Waals surface area contributed by atoms with Crippen molar-refractivity contribution in [2.45, 2.75) is 11.4 Å². The second kappa shape index (κ2) is 6.49. The van der Waals surface area contributed by atoms with Crippen molar-refractivity contribution in [2.24, 2.45) is 5.14 Å². The first-order valence-corrected chi connectivity index (χ1v) is 9.73. The third kappa shape index (κ3) is 3.27. The standard InChI is InChI=1S/C19H16N4O3S/c20-27(25,26)15-8-6-13(7-9-15)12-23-18-16(10-11-21-19(18)24)17(22-23)14-4-2-1-3-5-14/h1-11H,12H2,(H,21,24)(H2,20,25,26). The molecular weight excluding hydrogens is 364 g/mol. The molecule has 0 fully saturated rings. The minimum Gasteiger partial charge on any atom is -0.327 e. The third-order valence-corrected chi connectivity index (χ3v) is 5.23. The number of nitrogens with zero attached hydrogens (tertiary/aromatic N) is 2. The molecule has 2 aromatic carbocycles. The first-order valence-electron chi connectivity index (χ1n) is 8.19. The van der Waals surface area contributed by atoms with Crippen molar-refractivity contribution >= 4 is 20.9 Å². The highest BCUT2D eigenvalue weighted by Crippen LogP contribution is 2.26. The van der Waals surface area contributed by atoms with Crippen molar-refractivity contribution in [3.63, 3.8) is 0 Å². The van der Waals surface area contributed by atoms with Crippen LogP contribution >= 0.6 is 0 Å². The molecule has 0 saturated carbocycles. The molecule has 0 spiro atoms. The molecule has 0 bridgehead atoms. The van der Waals surface area contributed by atoms with Gasteiger partial charge in [0.25, 0.3) is 5.56 Å². The largest absolute Gasteiger partial charge is 0.327 e. The Morgan fingerprint density at radius 3 is 2.37 bits per heavy atom. The van der Waals surface area contributed by atoms with Gasteiger partial charge < -0.3 is 4.98 Å². The van der Waals surface area contributed by atoms with E-state index in [-0.39, 0.29) is 10.5 Å². The van der Waals surface area contributed by atoms with Crippen LogP contribution in [-0.4, -0.2) is 23.2 Å².